The first-order valence-electron chi connectivity index (χ1n) is 7.52. The van der Waals surface area contributed by atoms with Crippen LogP contribution in [0, 0.1) is 0 Å². The highest BCUT2D eigenvalue weighted by Gasteiger charge is 2.45. The van der Waals surface area contributed by atoms with E-state index in [4.69, 9.17) is 14.2 Å². The van der Waals surface area contributed by atoms with Gasteiger partial charge in [0.05, 0.1) is 30.5 Å². The molecule has 2 aliphatic heterocycles. The molecule has 2 atom stereocenters. The summed E-state index contributed by atoms with van der Waals surface area (Å²) in [6.45, 7) is 11.9. The summed E-state index contributed by atoms with van der Waals surface area (Å²) in [4.78, 5) is 0. The van der Waals surface area contributed by atoms with Crippen LogP contribution in [-0.2, 0) is 14.2 Å². The molecule has 0 spiro atoms. The summed E-state index contributed by atoms with van der Waals surface area (Å²) in [6, 6.07) is 0.397. The quantitative estimate of drug-likeness (QED) is 0.751. The second-order valence-corrected chi connectivity index (χ2v) is 6.89. The van der Waals surface area contributed by atoms with Crippen LogP contribution >= 0.6 is 0 Å². The molecular weight excluding hydrogens is 242 g/mol. The van der Waals surface area contributed by atoms with Gasteiger partial charge >= 0.3 is 0 Å². The van der Waals surface area contributed by atoms with Crippen molar-refractivity contribution in [3.63, 3.8) is 0 Å². The topological polar surface area (TPSA) is 39.7 Å². The molecule has 0 aromatic carbocycles. The van der Waals surface area contributed by atoms with Gasteiger partial charge in [0.15, 0.2) is 0 Å². The Morgan fingerprint density at radius 3 is 2.63 bits per heavy atom. The van der Waals surface area contributed by atoms with Gasteiger partial charge in [0.2, 0.25) is 0 Å². The molecule has 2 aliphatic rings. The SMILES string of the molecule is CC1(C)C[C@@H](NCCOC[C@@H]2CCCO2)C(C)(C)O1. The second kappa shape index (κ2) is 6.08. The van der Waals surface area contributed by atoms with Crippen LogP contribution < -0.4 is 5.32 Å². The average molecular weight is 271 g/mol. The third-order valence-electron chi connectivity index (χ3n) is 4.04. The van der Waals surface area contributed by atoms with E-state index in [9.17, 15) is 0 Å². The van der Waals surface area contributed by atoms with E-state index in [1.165, 1.54) is 6.42 Å². The Labute approximate surface area is 117 Å². The molecule has 2 heterocycles. The van der Waals surface area contributed by atoms with Crippen LogP contribution in [0.2, 0.25) is 0 Å². The molecule has 0 aliphatic carbocycles. The zero-order valence-corrected chi connectivity index (χ0v) is 12.8. The van der Waals surface area contributed by atoms with Crippen molar-refractivity contribution in [3.8, 4) is 0 Å². The minimum atomic E-state index is -0.0991. The van der Waals surface area contributed by atoms with Gasteiger partial charge in [0.1, 0.15) is 0 Å². The van der Waals surface area contributed by atoms with E-state index in [1.54, 1.807) is 0 Å². The predicted molar refractivity (Wildman–Crippen MR) is 75.4 cm³/mol. The zero-order chi connectivity index (χ0) is 13.9. The van der Waals surface area contributed by atoms with Gasteiger partial charge in [0.25, 0.3) is 0 Å². The Bertz CT molecular complexity index is 285. The maximum Gasteiger partial charge on any atom is 0.0809 e. The number of hydrogen-bond acceptors (Lipinski definition) is 4. The smallest absolute Gasteiger partial charge is 0.0809 e. The van der Waals surface area contributed by atoms with Crippen molar-refractivity contribution in [1.82, 2.24) is 5.32 Å². The largest absolute Gasteiger partial charge is 0.377 e. The Balaban J connectivity index is 1.60. The normalized spacial score (nSPS) is 32.8. The van der Waals surface area contributed by atoms with Crippen LogP contribution in [0.25, 0.3) is 0 Å². The molecule has 0 aromatic heterocycles. The van der Waals surface area contributed by atoms with Gasteiger partial charge in [0, 0.05) is 19.2 Å². The first-order chi connectivity index (χ1) is 8.89. The van der Waals surface area contributed by atoms with Crippen LogP contribution in [0.1, 0.15) is 47.0 Å². The summed E-state index contributed by atoms with van der Waals surface area (Å²) in [5.41, 5.74) is -0.127. The molecule has 0 aromatic rings. The monoisotopic (exact) mass is 271 g/mol. The van der Waals surface area contributed by atoms with Crippen molar-refractivity contribution in [1.29, 1.82) is 0 Å². The van der Waals surface area contributed by atoms with Crippen LogP contribution in [0.4, 0.5) is 0 Å². The van der Waals surface area contributed by atoms with Crippen molar-refractivity contribution in [2.24, 2.45) is 0 Å². The Morgan fingerprint density at radius 2 is 2.05 bits per heavy atom. The average Bonchev–Trinajstić information content (AvgIpc) is 2.84. The fourth-order valence-corrected chi connectivity index (χ4v) is 3.18. The maximum atomic E-state index is 6.06. The number of rotatable bonds is 6. The van der Waals surface area contributed by atoms with E-state index in [0.29, 0.717) is 12.1 Å². The van der Waals surface area contributed by atoms with E-state index in [2.05, 4.69) is 33.0 Å². The van der Waals surface area contributed by atoms with E-state index >= 15 is 0 Å². The van der Waals surface area contributed by atoms with Crippen molar-refractivity contribution in [3.05, 3.63) is 0 Å². The Morgan fingerprint density at radius 1 is 1.26 bits per heavy atom. The van der Waals surface area contributed by atoms with E-state index in [-0.39, 0.29) is 11.2 Å². The molecule has 112 valence electrons. The van der Waals surface area contributed by atoms with Crippen molar-refractivity contribution < 1.29 is 14.2 Å². The van der Waals surface area contributed by atoms with Crippen LogP contribution in [0.3, 0.4) is 0 Å². The van der Waals surface area contributed by atoms with Gasteiger partial charge in [-0.15, -0.1) is 0 Å². The number of ether oxygens (including phenoxy) is 3. The summed E-state index contributed by atoms with van der Waals surface area (Å²) in [5.74, 6) is 0. The standard InChI is InChI=1S/C15H29NO3/c1-14(2)10-13(15(3,4)19-14)16-7-9-17-11-12-6-5-8-18-12/h12-13,16H,5-11H2,1-4H3/t12-,13+/m0/s1. The molecule has 0 saturated carbocycles. The Hall–Kier alpha value is -0.160. The molecule has 0 bridgehead atoms. The highest BCUT2D eigenvalue weighted by Crippen LogP contribution is 2.37. The lowest BCUT2D eigenvalue weighted by molar-refractivity contribution is -0.0702. The number of hydrogen-bond donors (Lipinski definition) is 1. The van der Waals surface area contributed by atoms with Crippen molar-refractivity contribution >= 4 is 0 Å². The van der Waals surface area contributed by atoms with Gasteiger partial charge in [-0.1, -0.05) is 0 Å². The molecule has 0 amide bonds. The van der Waals surface area contributed by atoms with Gasteiger partial charge in [-0.2, -0.15) is 0 Å². The third kappa shape index (κ3) is 4.42. The van der Waals surface area contributed by atoms with Crippen LogP contribution in [-0.4, -0.2) is 49.7 Å². The van der Waals surface area contributed by atoms with Gasteiger partial charge in [-0.05, 0) is 47.0 Å². The summed E-state index contributed by atoms with van der Waals surface area (Å²) in [7, 11) is 0. The highest BCUT2D eigenvalue weighted by molar-refractivity contribution is 4.98. The Kier molecular flexibility index (Phi) is 4.88. The predicted octanol–water partition coefficient (Wildman–Crippen LogP) is 2.12. The molecule has 2 saturated heterocycles. The van der Waals surface area contributed by atoms with Gasteiger partial charge < -0.3 is 19.5 Å². The summed E-state index contributed by atoms with van der Waals surface area (Å²) < 4.78 is 17.3. The molecule has 0 radical (unpaired) electrons. The number of nitrogens with one attached hydrogen (secondary N) is 1. The first-order valence-corrected chi connectivity index (χ1v) is 7.52. The molecule has 1 N–H and O–H groups in total. The van der Waals surface area contributed by atoms with Crippen molar-refractivity contribution in [2.45, 2.75) is 70.3 Å². The fourth-order valence-electron chi connectivity index (χ4n) is 3.18. The molecule has 4 nitrogen and oxygen atoms in total. The van der Waals surface area contributed by atoms with Crippen LogP contribution in [0.5, 0.6) is 0 Å². The lowest BCUT2D eigenvalue weighted by Gasteiger charge is -2.27. The van der Waals surface area contributed by atoms with Crippen LogP contribution in [0.15, 0.2) is 0 Å². The lowest BCUT2D eigenvalue weighted by Crippen LogP contribution is -2.44. The third-order valence-corrected chi connectivity index (χ3v) is 4.04. The molecular formula is C15H29NO3. The zero-order valence-electron chi connectivity index (χ0n) is 12.8. The van der Waals surface area contributed by atoms with Gasteiger partial charge in [-0.25, -0.2) is 0 Å². The molecule has 4 heteroatoms. The fraction of sp³-hybridized carbons (Fsp3) is 1.00. The molecule has 2 rings (SSSR count). The van der Waals surface area contributed by atoms with E-state index in [1.807, 2.05) is 0 Å². The first kappa shape index (κ1) is 15.2. The summed E-state index contributed by atoms with van der Waals surface area (Å²) >= 11 is 0. The second-order valence-electron chi connectivity index (χ2n) is 6.89. The summed E-state index contributed by atoms with van der Waals surface area (Å²) in [5, 5.41) is 3.56. The van der Waals surface area contributed by atoms with Gasteiger partial charge in [-0.3, -0.25) is 0 Å². The highest BCUT2D eigenvalue weighted by atomic mass is 16.5. The summed E-state index contributed by atoms with van der Waals surface area (Å²) in [6.07, 6.45) is 3.69. The van der Waals surface area contributed by atoms with Crippen molar-refractivity contribution in [2.75, 3.05) is 26.4 Å². The lowest BCUT2D eigenvalue weighted by atomic mass is 9.94. The molecule has 2 fully saturated rings. The van der Waals surface area contributed by atoms with E-state index in [0.717, 1.165) is 39.2 Å². The maximum absolute atomic E-state index is 6.06. The molecule has 19 heavy (non-hydrogen) atoms. The van der Waals surface area contributed by atoms with E-state index < -0.39 is 0 Å². The minimum Gasteiger partial charge on any atom is -0.377 e. The molecule has 0 unspecified atom stereocenters. The minimum absolute atomic E-state index is 0.0281.